The molecule has 2 rings (SSSR count). The predicted molar refractivity (Wildman–Crippen MR) is 81.4 cm³/mol. The maximum Gasteiger partial charge on any atom is 0.345 e. The van der Waals surface area contributed by atoms with Gasteiger partial charge in [-0.05, 0) is 50.2 Å². The van der Waals surface area contributed by atoms with E-state index in [0.717, 1.165) is 11.3 Å². The minimum Gasteiger partial charge on any atom is -0.491 e. The summed E-state index contributed by atoms with van der Waals surface area (Å²) in [6, 6.07) is 9.82. The maximum atomic E-state index is 12.0. The summed E-state index contributed by atoms with van der Waals surface area (Å²) in [5.74, 6) is -0.591. The van der Waals surface area contributed by atoms with Crippen LogP contribution < -0.4 is 10.1 Å². The molecular weight excluding hydrogens is 290 g/mol. The Morgan fingerprint density at radius 2 is 1.81 bits per heavy atom. The standard InChI is InChI=1S/C15H15NO4S/c1-9(2)20-11-5-3-10(4-6-11)14(17)16-13-8-7-12(21-13)15(18)19/h3-9H,1-2H3,(H,16,17)(H,18,19). The fourth-order valence-electron chi connectivity index (χ4n) is 1.66. The fraction of sp³-hybridized carbons (Fsp3) is 0.200. The van der Waals surface area contributed by atoms with Gasteiger partial charge >= 0.3 is 5.97 Å². The van der Waals surface area contributed by atoms with E-state index in [9.17, 15) is 9.59 Å². The second kappa shape index (κ2) is 6.41. The molecule has 0 aliphatic heterocycles. The Balaban J connectivity index is 2.04. The number of rotatable bonds is 5. The predicted octanol–water partition coefficient (Wildman–Crippen LogP) is 3.49. The molecule has 1 amide bonds. The third-order valence-electron chi connectivity index (χ3n) is 2.54. The number of benzene rings is 1. The lowest BCUT2D eigenvalue weighted by atomic mass is 10.2. The monoisotopic (exact) mass is 305 g/mol. The smallest absolute Gasteiger partial charge is 0.345 e. The van der Waals surface area contributed by atoms with Crippen molar-refractivity contribution in [1.82, 2.24) is 0 Å². The van der Waals surface area contributed by atoms with E-state index in [-0.39, 0.29) is 16.9 Å². The molecule has 2 aromatic rings. The van der Waals surface area contributed by atoms with Gasteiger partial charge in [-0.3, -0.25) is 4.79 Å². The Bertz CT molecular complexity index is 646. The number of carbonyl (C=O) groups is 2. The van der Waals surface area contributed by atoms with E-state index in [4.69, 9.17) is 9.84 Å². The number of nitrogens with one attached hydrogen (secondary N) is 1. The van der Waals surface area contributed by atoms with Gasteiger partial charge in [0.1, 0.15) is 10.6 Å². The second-order valence-electron chi connectivity index (χ2n) is 4.61. The summed E-state index contributed by atoms with van der Waals surface area (Å²) in [5.41, 5.74) is 0.483. The van der Waals surface area contributed by atoms with Gasteiger partial charge in [0.05, 0.1) is 11.1 Å². The van der Waals surface area contributed by atoms with Gasteiger partial charge in [-0.1, -0.05) is 0 Å². The summed E-state index contributed by atoms with van der Waals surface area (Å²) in [6.45, 7) is 3.86. The van der Waals surface area contributed by atoms with Crippen LogP contribution in [0.5, 0.6) is 5.75 Å². The van der Waals surface area contributed by atoms with Crippen LogP contribution in [0, 0.1) is 0 Å². The molecule has 0 unspecified atom stereocenters. The van der Waals surface area contributed by atoms with Crippen molar-refractivity contribution < 1.29 is 19.4 Å². The third-order valence-corrected chi connectivity index (χ3v) is 3.53. The van der Waals surface area contributed by atoms with E-state index in [1.807, 2.05) is 13.8 Å². The molecule has 1 aromatic heterocycles. The van der Waals surface area contributed by atoms with Crippen molar-refractivity contribution >= 4 is 28.2 Å². The van der Waals surface area contributed by atoms with Crippen LogP contribution in [0.4, 0.5) is 5.00 Å². The number of anilines is 1. The fourth-order valence-corrected chi connectivity index (χ4v) is 2.40. The molecule has 2 N–H and O–H groups in total. The van der Waals surface area contributed by atoms with E-state index in [0.29, 0.717) is 16.3 Å². The van der Waals surface area contributed by atoms with Gasteiger partial charge in [0.15, 0.2) is 0 Å². The molecule has 0 fully saturated rings. The van der Waals surface area contributed by atoms with Gasteiger partial charge in [-0.2, -0.15) is 0 Å². The molecule has 0 aliphatic rings. The summed E-state index contributed by atoms with van der Waals surface area (Å²) >= 11 is 1.02. The SMILES string of the molecule is CC(C)Oc1ccc(C(=O)Nc2ccc(C(=O)O)s2)cc1. The summed E-state index contributed by atoms with van der Waals surface area (Å²) in [4.78, 5) is 23.0. The lowest BCUT2D eigenvalue weighted by molar-refractivity contribution is 0.0702. The molecule has 0 saturated carbocycles. The van der Waals surface area contributed by atoms with Gasteiger partial charge in [-0.25, -0.2) is 4.79 Å². The van der Waals surface area contributed by atoms with Crippen LogP contribution in [0.15, 0.2) is 36.4 Å². The van der Waals surface area contributed by atoms with E-state index < -0.39 is 5.97 Å². The number of hydrogen-bond donors (Lipinski definition) is 2. The number of thiophene rings is 1. The van der Waals surface area contributed by atoms with E-state index in [2.05, 4.69) is 5.32 Å². The minimum absolute atomic E-state index is 0.0743. The Morgan fingerprint density at radius 3 is 2.33 bits per heavy atom. The van der Waals surface area contributed by atoms with Crippen LogP contribution in [-0.2, 0) is 0 Å². The first-order valence-corrected chi connectivity index (χ1v) is 7.18. The molecule has 0 atom stereocenters. The zero-order valence-corrected chi connectivity index (χ0v) is 12.4. The Hall–Kier alpha value is -2.34. The average Bonchev–Trinajstić information content (AvgIpc) is 2.87. The van der Waals surface area contributed by atoms with Crippen molar-refractivity contribution in [2.45, 2.75) is 20.0 Å². The van der Waals surface area contributed by atoms with Crippen molar-refractivity contribution in [3.8, 4) is 5.75 Å². The molecule has 5 nitrogen and oxygen atoms in total. The van der Waals surface area contributed by atoms with Gasteiger partial charge in [-0.15, -0.1) is 11.3 Å². The lowest BCUT2D eigenvalue weighted by Crippen LogP contribution is -2.11. The van der Waals surface area contributed by atoms with Crippen LogP contribution in [0.25, 0.3) is 0 Å². The van der Waals surface area contributed by atoms with Crippen molar-refractivity contribution in [2.75, 3.05) is 5.32 Å². The van der Waals surface area contributed by atoms with Gasteiger partial charge < -0.3 is 15.2 Å². The molecule has 0 spiro atoms. The molecule has 6 heteroatoms. The highest BCUT2D eigenvalue weighted by Crippen LogP contribution is 2.23. The topological polar surface area (TPSA) is 75.6 Å². The lowest BCUT2D eigenvalue weighted by Gasteiger charge is -2.09. The van der Waals surface area contributed by atoms with Gasteiger partial charge in [0.2, 0.25) is 0 Å². The van der Waals surface area contributed by atoms with E-state index in [1.54, 1.807) is 30.3 Å². The highest BCUT2D eigenvalue weighted by atomic mass is 32.1. The van der Waals surface area contributed by atoms with Crippen LogP contribution in [-0.4, -0.2) is 23.1 Å². The molecule has 0 radical (unpaired) electrons. The number of ether oxygens (including phenoxy) is 1. The first-order valence-electron chi connectivity index (χ1n) is 6.37. The van der Waals surface area contributed by atoms with Crippen LogP contribution in [0.1, 0.15) is 33.9 Å². The van der Waals surface area contributed by atoms with E-state index >= 15 is 0 Å². The maximum absolute atomic E-state index is 12.0. The highest BCUT2D eigenvalue weighted by molar-refractivity contribution is 7.18. The molecule has 1 aromatic carbocycles. The molecular formula is C15H15NO4S. The van der Waals surface area contributed by atoms with Crippen LogP contribution >= 0.6 is 11.3 Å². The van der Waals surface area contributed by atoms with Crippen molar-refractivity contribution in [1.29, 1.82) is 0 Å². The molecule has 1 heterocycles. The molecule has 0 bridgehead atoms. The van der Waals surface area contributed by atoms with Crippen molar-refractivity contribution in [2.24, 2.45) is 0 Å². The van der Waals surface area contributed by atoms with Crippen molar-refractivity contribution in [3.63, 3.8) is 0 Å². The number of carboxylic acids is 1. The number of amides is 1. The normalized spacial score (nSPS) is 10.4. The molecule has 0 saturated heterocycles. The third kappa shape index (κ3) is 4.06. The van der Waals surface area contributed by atoms with Crippen LogP contribution in [0.2, 0.25) is 0 Å². The summed E-state index contributed by atoms with van der Waals surface area (Å²) in [7, 11) is 0. The molecule has 110 valence electrons. The highest BCUT2D eigenvalue weighted by Gasteiger charge is 2.11. The first-order chi connectivity index (χ1) is 9.95. The summed E-state index contributed by atoms with van der Waals surface area (Å²) < 4.78 is 5.50. The zero-order chi connectivity index (χ0) is 15.4. The van der Waals surface area contributed by atoms with Gasteiger partial charge in [0.25, 0.3) is 5.91 Å². The van der Waals surface area contributed by atoms with Crippen LogP contribution in [0.3, 0.4) is 0 Å². The van der Waals surface area contributed by atoms with Gasteiger partial charge in [0, 0.05) is 5.56 Å². The summed E-state index contributed by atoms with van der Waals surface area (Å²) in [6.07, 6.45) is 0.0743. The zero-order valence-electron chi connectivity index (χ0n) is 11.6. The number of carbonyl (C=O) groups excluding carboxylic acids is 1. The average molecular weight is 305 g/mol. The summed E-state index contributed by atoms with van der Waals surface area (Å²) in [5, 5.41) is 12.0. The number of carboxylic acid groups (broad SMARTS) is 1. The largest absolute Gasteiger partial charge is 0.491 e. The van der Waals surface area contributed by atoms with Crippen molar-refractivity contribution in [3.05, 3.63) is 46.8 Å². The number of aromatic carboxylic acids is 1. The molecule has 21 heavy (non-hydrogen) atoms. The molecule has 0 aliphatic carbocycles. The first kappa shape index (κ1) is 15.1. The Kier molecular flexibility index (Phi) is 4.59. The Labute approximate surface area is 126 Å². The Morgan fingerprint density at radius 1 is 1.14 bits per heavy atom. The van der Waals surface area contributed by atoms with E-state index in [1.165, 1.54) is 6.07 Å². The number of hydrogen-bond acceptors (Lipinski definition) is 4. The minimum atomic E-state index is -1.00. The quantitative estimate of drug-likeness (QED) is 0.886. The second-order valence-corrected chi connectivity index (χ2v) is 5.70.